The zero-order valence-electron chi connectivity index (χ0n) is 16.4. The molecule has 1 N–H and O–H groups in total. The van der Waals surface area contributed by atoms with E-state index in [0.29, 0.717) is 23.7 Å². The van der Waals surface area contributed by atoms with Crippen LogP contribution in [0.1, 0.15) is 5.56 Å². The van der Waals surface area contributed by atoms with E-state index >= 15 is 0 Å². The third-order valence-electron chi connectivity index (χ3n) is 4.39. The van der Waals surface area contributed by atoms with E-state index in [2.05, 4.69) is 10.4 Å². The van der Waals surface area contributed by atoms with Crippen LogP contribution < -0.4 is 20.3 Å². The lowest BCUT2D eigenvalue weighted by molar-refractivity contribution is -0.120. The minimum absolute atomic E-state index is 0.149. The van der Waals surface area contributed by atoms with Crippen LogP contribution in [0, 0.1) is 0 Å². The molecule has 150 valence electrons. The number of nitrogens with zero attached hydrogens (tertiary/aromatic N) is 2. The van der Waals surface area contributed by atoms with Gasteiger partial charge in [-0.3, -0.25) is 9.59 Å². The van der Waals surface area contributed by atoms with Crippen LogP contribution in [0.3, 0.4) is 0 Å². The number of hydrogen-bond donors (Lipinski definition) is 1. The number of amides is 1. The van der Waals surface area contributed by atoms with Crippen LogP contribution in [0.2, 0.25) is 0 Å². The smallest absolute Gasteiger partial charge is 0.266 e. The summed E-state index contributed by atoms with van der Waals surface area (Å²) in [5, 5.41) is 7.21. The zero-order valence-corrected chi connectivity index (χ0v) is 16.4. The SMILES string of the molecule is COc1ccc(CC(=O)NCCn2nc(-c3ccccc3)ccc2=O)cc1OC. The van der Waals surface area contributed by atoms with Crippen LogP contribution in [0.15, 0.2) is 65.5 Å². The Balaban J connectivity index is 1.59. The Labute approximate surface area is 168 Å². The number of ether oxygens (including phenoxy) is 2. The van der Waals surface area contributed by atoms with E-state index in [1.807, 2.05) is 36.4 Å². The fourth-order valence-electron chi connectivity index (χ4n) is 2.91. The van der Waals surface area contributed by atoms with Crippen LogP contribution in [0.5, 0.6) is 11.5 Å². The highest BCUT2D eigenvalue weighted by atomic mass is 16.5. The fraction of sp³-hybridized carbons (Fsp3) is 0.227. The minimum Gasteiger partial charge on any atom is -0.493 e. The summed E-state index contributed by atoms with van der Waals surface area (Å²) in [6.45, 7) is 0.592. The van der Waals surface area contributed by atoms with E-state index < -0.39 is 0 Å². The lowest BCUT2D eigenvalue weighted by atomic mass is 10.1. The highest BCUT2D eigenvalue weighted by Gasteiger charge is 2.09. The maximum absolute atomic E-state index is 12.2. The minimum atomic E-state index is -0.209. The summed E-state index contributed by atoms with van der Waals surface area (Å²) in [6, 6.07) is 18.2. The van der Waals surface area contributed by atoms with Crippen LogP contribution in [0.25, 0.3) is 11.3 Å². The van der Waals surface area contributed by atoms with Gasteiger partial charge in [0.15, 0.2) is 11.5 Å². The highest BCUT2D eigenvalue weighted by Crippen LogP contribution is 2.27. The average Bonchev–Trinajstić information content (AvgIpc) is 2.75. The van der Waals surface area contributed by atoms with Crippen molar-refractivity contribution in [2.24, 2.45) is 0 Å². The van der Waals surface area contributed by atoms with E-state index in [1.165, 1.54) is 10.7 Å². The standard InChI is InChI=1S/C22H23N3O4/c1-28-19-10-8-16(14-20(19)29-2)15-21(26)23-12-13-25-22(27)11-9-18(24-25)17-6-4-3-5-7-17/h3-11,14H,12-13,15H2,1-2H3,(H,23,26). The summed E-state index contributed by atoms with van der Waals surface area (Å²) in [7, 11) is 3.11. The second-order valence-corrected chi connectivity index (χ2v) is 6.36. The monoisotopic (exact) mass is 393 g/mol. The van der Waals surface area contributed by atoms with Crippen molar-refractivity contribution in [3.63, 3.8) is 0 Å². The van der Waals surface area contributed by atoms with Gasteiger partial charge < -0.3 is 14.8 Å². The molecule has 0 aliphatic rings. The summed E-state index contributed by atoms with van der Waals surface area (Å²) in [5.41, 5.74) is 2.24. The van der Waals surface area contributed by atoms with Crippen molar-refractivity contribution < 1.29 is 14.3 Å². The summed E-state index contributed by atoms with van der Waals surface area (Å²) >= 11 is 0. The predicted octanol–water partition coefficient (Wildman–Crippen LogP) is 2.29. The second-order valence-electron chi connectivity index (χ2n) is 6.36. The first-order chi connectivity index (χ1) is 14.1. The predicted molar refractivity (Wildman–Crippen MR) is 110 cm³/mol. The molecule has 1 heterocycles. The third-order valence-corrected chi connectivity index (χ3v) is 4.39. The molecule has 3 rings (SSSR count). The number of carbonyl (C=O) groups is 1. The number of carbonyl (C=O) groups excluding carboxylic acids is 1. The van der Waals surface area contributed by atoms with Crippen LogP contribution in [0.4, 0.5) is 0 Å². The first kappa shape index (κ1) is 20.1. The number of rotatable bonds is 8. The lowest BCUT2D eigenvalue weighted by Crippen LogP contribution is -2.32. The number of benzene rings is 2. The molecule has 0 aliphatic carbocycles. The molecule has 0 aliphatic heterocycles. The molecule has 1 aromatic heterocycles. The molecule has 0 spiro atoms. The van der Waals surface area contributed by atoms with Gasteiger partial charge in [-0.2, -0.15) is 5.10 Å². The highest BCUT2D eigenvalue weighted by molar-refractivity contribution is 5.78. The van der Waals surface area contributed by atoms with Gasteiger partial charge in [0.2, 0.25) is 5.91 Å². The summed E-state index contributed by atoms with van der Waals surface area (Å²) in [5.74, 6) is 1.04. The Morgan fingerprint density at radius 2 is 1.76 bits per heavy atom. The molecule has 29 heavy (non-hydrogen) atoms. The van der Waals surface area contributed by atoms with Gasteiger partial charge in [-0.25, -0.2) is 4.68 Å². The Bertz CT molecular complexity index is 1030. The molecule has 0 saturated heterocycles. The van der Waals surface area contributed by atoms with E-state index in [4.69, 9.17) is 9.47 Å². The van der Waals surface area contributed by atoms with Gasteiger partial charge in [-0.05, 0) is 23.8 Å². The molecule has 7 nitrogen and oxygen atoms in total. The molecule has 0 atom stereocenters. The largest absolute Gasteiger partial charge is 0.493 e. The number of hydrogen-bond acceptors (Lipinski definition) is 5. The van der Waals surface area contributed by atoms with E-state index in [-0.39, 0.29) is 24.4 Å². The summed E-state index contributed by atoms with van der Waals surface area (Å²) < 4.78 is 11.8. The van der Waals surface area contributed by atoms with Crippen molar-refractivity contribution in [2.45, 2.75) is 13.0 Å². The first-order valence-electron chi connectivity index (χ1n) is 9.22. The normalized spacial score (nSPS) is 10.4. The Morgan fingerprint density at radius 3 is 2.48 bits per heavy atom. The topological polar surface area (TPSA) is 82.5 Å². The molecular weight excluding hydrogens is 370 g/mol. The molecule has 0 radical (unpaired) electrons. The molecule has 0 fully saturated rings. The van der Waals surface area contributed by atoms with Crippen molar-refractivity contribution in [1.29, 1.82) is 0 Å². The second kappa shape index (κ2) is 9.54. The van der Waals surface area contributed by atoms with Crippen molar-refractivity contribution in [3.05, 3.63) is 76.6 Å². The van der Waals surface area contributed by atoms with Gasteiger partial charge in [-0.15, -0.1) is 0 Å². The molecule has 0 saturated carbocycles. The van der Waals surface area contributed by atoms with Crippen molar-refractivity contribution >= 4 is 5.91 Å². The van der Waals surface area contributed by atoms with Gasteiger partial charge in [0.25, 0.3) is 5.56 Å². The van der Waals surface area contributed by atoms with Gasteiger partial charge >= 0.3 is 0 Å². The number of aromatic nitrogens is 2. The first-order valence-corrected chi connectivity index (χ1v) is 9.22. The van der Waals surface area contributed by atoms with Crippen LogP contribution >= 0.6 is 0 Å². The Morgan fingerprint density at radius 1 is 1.00 bits per heavy atom. The van der Waals surface area contributed by atoms with Crippen molar-refractivity contribution in [3.8, 4) is 22.8 Å². The fourth-order valence-corrected chi connectivity index (χ4v) is 2.91. The summed E-state index contributed by atoms with van der Waals surface area (Å²) in [6.07, 6.45) is 0.201. The molecule has 3 aromatic rings. The maximum atomic E-state index is 12.2. The molecular formula is C22H23N3O4. The van der Waals surface area contributed by atoms with Gasteiger partial charge in [-0.1, -0.05) is 36.4 Å². The van der Waals surface area contributed by atoms with Crippen LogP contribution in [-0.4, -0.2) is 36.5 Å². The van der Waals surface area contributed by atoms with Crippen molar-refractivity contribution in [2.75, 3.05) is 20.8 Å². The van der Waals surface area contributed by atoms with E-state index in [0.717, 1.165) is 11.1 Å². The molecule has 0 unspecified atom stereocenters. The Hall–Kier alpha value is -3.61. The quantitative estimate of drug-likeness (QED) is 0.635. The molecule has 0 bridgehead atoms. The molecule has 1 amide bonds. The third kappa shape index (κ3) is 5.22. The van der Waals surface area contributed by atoms with E-state index in [9.17, 15) is 9.59 Å². The van der Waals surface area contributed by atoms with Gasteiger partial charge in [0.05, 0.1) is 32.9 Å². The van der Waals surface area contributed by atoms with Crippen LogP contribution in [-0.2, 0) is 17.8 Å². The zero-order chi connectivity index (χ0) is 20.6. The molecule has 7 heteroatoms. The number of nitrogens with one attached hydrogen (secondary N) is 1. The molecule has 2 aromatic carbocycles. The summed E-state index contributed by atoms with van der Waals surface area (Å²) in [4.78, 5) is 24.3. The van der Waals surface area contributed by atoms with E-state index in [1.54, 1.807) is 32.4 Å². The average molecular weight is 393 g/mol. The Kier molecular flexibility index (Phi) is 6.63. The van der Waals surface area contributed by atoms with Crippen molar-refractivity contribution in [1.82, 2.24) is 15.1 Å². The lowest BCUT2D eigenvalue weighted by Gasteiger charge is -2.10. The van der Waals surface area contributed by atoms with Gasteiger partial charge in [0, 0.05) is 18.2 Å². The van der Waals surface area contributed by atoms with Gasteiger partial charge in [0.1, 0.15) is 0 Å². The number of methoxy groups -OCH3 is 2. The maximum Gasteiger partial charge on any atom is 0.266 e.